The average molecular weight is 1690 g/mol. The molecule has 0 aliphatic heterocycles. The molecule has 6 aromatic rings. The molecule has 0 bridgehead atoms. The summed E-state index contributed by atoms with van der Waals surface area (Å²) in [5, 5.41) is 80.6. The second-order valence-corrected chi connectivity index (χ2v) is 20.0. The van der Waals surface area contributed by atoms with Crippen molar-refractivity contribution >= 4 is 236 Å². The number of rotatable bonds is 0. The summed E-state index contributed by atoms with van der Waals surface area (Å²) in [6, 6.07) is 9.12. The molecule has 50 heteroatoms. The van der Waals surface area contributed by atoms with E-state index in [1.165, 1.54) is 18.2 Å². The van der Waals surface area contributed by atoms with Gasteiger partial charge in [-0.2, -0.15) is 57.5 Å². The van der Waals surface area contributed by atoms with E-state index in [0.717, 1.165) is 0 Å². The van der Waals surface area contributed by atoms with Crippen LogP contribution in [-0.2, 0) is 0 Å². The molecule has 6 rings (SSSR count). The van der Waals surface area contributed by atoms with Crippen LogP contribution >= 0.6 is 236 Å². The van der Waals surface area contributed by atoms with E-state index < -0.39 is 112 Å². The lowest BCUT2D eigenvalue weighted by Gasteiger charge is -2.01. The van der Waals surface area contributed by atoms with Crippen molar-refractivity contribution in [2.24, 2.45) is 0 Å². The molecule has 6 N–H and O–H groups in total. The molecule has 0 atom stereocenters. The molecule has 480 valence electrons. The summed E-state index contributed by atoms with van der Waals surface area (Å²) in [7, 11) is 1.00. The molecule has 0 unspecified atom stereocenters. The van der Waals surface area contributed by atoms with Crippen LogP contribution in [0.5, 0.6) is 0 Å². The van der Waals surface area contributed by atoms with E-state index in [1.807, 2.05) is 0 Å². The highest BCUT2D eigenvalue weighted by Crippen LogP contribution is 2.37. The molecule has 6 heterocycles. The van der Waals surface area contributed by atoms with Crippen molar-refractivity contribution in [3.8, 4) is 36.4 Å². The van der Waals surface area contributed by atoms with Crippen molar-refractivity contribution in [2.75, 3.05) is 26.7 Å². The van der Waals surface area contributed by atoms with Gasteiger partial charge in [0.15, 0.2) is 67.7 Å². The van der Waals surface area contributed by atoms with Crippen LogP contribution in [0.15, 0.2) is 0 Å². The first-order valence-electron chi connectivity index (χ1n) is 19.5. The molecule has 90 heavy (non-hydrogen) atoms. The molecule has 0 aromatic carbocycles. The predicted octanol–water partition coefficient (Wildman–Crippen LogP) is 25.7. The highest BCUT2D eigenvalue weighted by molar-refractivity contribution is 7.24. The number of pyridine rings is 6. The van der Waals surface area contributed by atoms with Crippen LogP contribution in [-0.4, -0.2) is 56.6 Å². The molecule has 18 nitrogen and oxygen atoms in total. The average Bonchev–Trinajstić information content (AvgIpc) is 3.19. The van der Waals surface area contributed by atoms with E-state index in [0.29, 0.717) is 33.5 Å². The zero-order valence-electron chi connectivity index (χ0n) is 42.9. The van der Waals surface area contributed by atoms with Crippen LogP contribution in [0.4, 0.5) is 43.5 Å². The third-order valence-corrected chi connectivity index (χ3v) is 12.8. The van der Waals surface area contributed by atoms with E-state index in [1.54, 1.807) is 44.9 Å². The Morgan fingerprint density at radius 1 is 0.267 bits per heavy atom. The second-order valence-electron chi connectivity index (χ2n) is 11.9. The van der Waals surface area contributed by atoms with Crippen molar-refractivity contribution in [1.82, 2.24) is 29.9 Å². The molecule has 0 saturated carbocycles. The van der Waals surface area contributed by atoms with Gasteiger partial charge in [0.25, 0.3) is 5.95 Å². The SMILES string of the molecule is CP=N.CP=N.CP=N.CP=N.N#Cc1nc(Cl)c(Cl)c(Cl)c1Cl.N#Cc1nc(Cl)c(Cl)c(F)c1Cl.N#Cc1nc(F)c(Cl)c(Cl)c1Cl.N#Cc1nc(F)c(Cl)c(Cl)c1F.N#Cc1nc(F)c(Cl)c(F)c1Cl.N#Cc1nc(F)c(F)c(Cl)c1Cl.N=PF.N=PF. The van der Waals surface area contributed by atoms with Gasteiger partial charge in [0.1, 0.15) is 76.6 Å². The van der Waals surface area contributed by atoms with Crippen molar-refractivity contribution < 1.29 is 43.5 Å². The van der Waals surface area contributed by atoms with Gasteiger partial charge >= 0.3 is 0 Å². The minimum absolute atomic E-state index is 0.0218. The van der Waals surface area contributed by atoms with Gasteiger partial charge in [-0.1, -0.05) is 186 Å². The molecular weight excluding hydrogens is 1680 g/mol. The Balaban J connectivity index is -0.000000223. The highest BCUT2D eigenvalue weighted by atomic mass is 35.5. The fourth-order valence-corrected chi connectivity index (χ4v) is 6.19. The summed E-state index contributed by atoms with van der Waals surface area (Å²) >= 11 is 86.1. The normalized spacial score (nSPS) is 9.07. The Hall–Kier alpha value is -3.62. The first-order valence-corrected chi connectivity index (χ1v) is 32.5. The van der Waals surface area contributed by atoms with Gasteiger partial charge in [0, 0.05) is 0 Å². The number of nitriles is 6. The molecule has 0 amide bonds. The number of hydrogen-bond donors (Lipinski definition) is 6. The van der Waals surface area contributed by atoms with Crippen LogP contribution in [0.25, 0.3) is 0 Å². The first-order chi connectivity index (χ1) is 41.9. The van der Waals surface area contributed by atoms with E-state index in [-0.39, 0.29) is 67.6 Å². The molecule has 6 aromatic heterocycles. The van der Waals surface area contributed by atoms with E-state index >= 15 is 0 Å². The Labute approximate surface area is 592 Å². The third kappa shape index (κ3) is 35.6. The third-order valence-electron chi connectivity index (χ3n) is 6.54. The van der Waals surface area contributed by atoms with Crippen LogP contribution in [0.1, 0.15) is 34.2 Å². The van der Waals surface area contributed by atoms with Gasteiger partial charge in [0.05, 0.1) is 30.1 Å². The molecule has 0 radical (unpaired) electrons. The maximum Gasteiger partial charge on any atom is 0.251 e. The Bertz CT molecular complexity index is 3140. The summed E-state index contributed by atoms with van der Waals surface area (Å²) in [4.78, 5) is 19.1. The summed E-state index contributed by atoms with van der Waals surface area (Å²) in [5.41, 5.74) is -2.23. The molecular formula is C40H18Cl16F10N18P6. The zero-order valence-corrected chi connectivity index (χ0v) is 60.3. The van der Waals surface area contributed by atoms with Crippen LogP contribution in [0.2, 0.25) is 80.6 Å². The minimum atomic E-state index is -1.43. The van der Waals surface area contributed by atoms with Crippen molar-refractivity contribution in [1.29, 1.82) is 62.5 Å². The van der Waals surface area contributed by atoms with Gasteiger partial charge in [-0.3, -0.25) is 31.0 Å². The van der Waals surface area contributed by atoms with Crippen molar-refractivity contribution in [3.05, 3.63) is 162 Å². The summed E-state index contributed by atoms with van der Waals surface area (Å²) < 4.78 is 121. The lowest BCUT2D eigenvalue weighted by atomic mass is 10.3. The molecule has 0 aliphatic rings. The lowest BCUT2D eigenvalue weighted by Crippen LogP contribution is -1.95. The van der Waals surface area contributed by atoms with Crippen molar-refractivity contribution in [2.45, 2.75) is 0 Å². The number of nitrogens with zero attached hydrogens (tertiary/aromatic N) is 12. The fourth-order valence-electron chi connectivity index (χ4n) is 3.37. The Morgan fingerprint density at radius 2 is 0.478 bits per heavy atom. The van der Waals surface area contributed by atoms with Gasteiger partial charge in [-0.25, -0.2) is 47.5 Å². The highest BCUT2D eigenvalue weighted by Gasteiger charge is 2.21. The molecule has 0 aliphatic carbocycles. The molecule has 0 fully saturated rings. The van der Waals surface area contributed by atoms with Crippen molar-refractivity contribution in [3.63, 3.8) is 0 Å². The van der Waals surface area contributed by atoms with E-state index in [4.69, 9.17) is 248 Å². The van der Waals surface area contributed by atoms with E-state index in [9.17, 15) is 43.5 Å². The Kier molecular flexibility index (Phi) is 60.4. The number of halogens is 26. The maximum atomic E-state index is 12.9. The predicted molar refractivity (Wildman–Crippen MR) is 337 cm³/mol. The number of aromatic nitrogens is 6. The zero-order chi connectivity index (χ0) is 72.0. The topological polar surface area (TPSA) is 363 Å². The summed E-state index contributed by atoms with van der Waals surface area (Å²) in [6.07, 6.45) is 0. The number of hydrogen-bond acceptors (Lipinski definition) is 18. The number of nitrogens with one attached hydrogen (secondary N) is 6. The quantitative estimate of drug-likeness (QED) is 0.0469. The summed E-state index contributed by atoms with van der Waals surface area (Å²) in [6.45, 7) is 7.06. The van der Waals surface area contributed by atoms with Crippen LogP contribution in [0.3, 0.4) is 0 Å². The monoisotopic (exact) mass is 1690 g/mol. The first kappa shape index (κ1) is 97.5. The fraction of sp³-hybridized carbons (Fsp3) is 0.100. The van der Waals surface area contributed by atoms with Crippen LogP contribution in [0, 0.1) is 146 Å². The minimum Gasteiger partial charge on any atom is -0.284 e. The maximum absolute atomic E-state index is 12.9. The van der Waals surface area contributed by atoms with Gasteiger partial charge < -0.3 is 0 Å². The molecule has 0 saturated heterocycles. The second kappa shape index (κ2) is 55.8. The van der Waals surface area contributed by atoms with Gasteiger partial charge in [-0.15, -0.1) is 0 Å². The van der Waals surface area contributed by atoms with Crippen LogP contribution < -0.4 is 0 Å². The summed E-state index contributed by atoms with van der Waals surface area (Å²) in [5.74, 6) is -9.36. The van der Waals surface area contributed by atoms with E-state index in [2.05, 4.69) is 29.9 Å². The standard InChI is InChI=1S/C6Cl4N2.2C6Cl3FN2.3C6Cl2F2N2.4CH4NP.2FHNP/c7-3-2(1-11)12-6(10)5(9)4(3)8;7-3-2(1-11)12-6(9)4(8)5(3)10;7-3-2(1-11)12-6(10)5(9)4(3)8;7-3-4(8)6(10)12-2(1-11)5(3)9;7-3-2(1-11)12-6(10)4(8)5(3)9;7-3-2(1-11)12-6(10)5(9)4(3)8;6*1-3-2/h;;;;;;4*2H,1H3;2*2H. The molecule has 0 spiro atoms. The van der Waals surface area contributed by atoms with Gasteiger partial charge in [0.2, 0.25) is 35.2 Å². The van der Waals surface area contributed by atoms with Gasteiger partial charge in [-0.05, 0) is 60.1 Å². The smallest absolute Gasteiger partial charge is 0.251 e. The largest absolute Gasteiger partial charge is 0.284 e. The Morgan fingerprint density at radius 3 is 0.811 bits per heavy atom. The lowest BCUT2D eigenvalue weighted by molar-refractivity contribution is 0.479.